The Morgan fingerprint density at radius 2 is 2.12 bits per heavy atom. The quantitative estimate of drug-likeness (QED) is 0.678. The summed E-state index contributed by atoms with van der Waals surface area (Å²) < 4.78 is 13.5. The lowest BCUT2D eigenvalue weighted by Crippen LogP contribution is -2.30. The number of hydrogen-bond acceptors (Lipinski definition) is 4. The Labute approximate surface area is 144 Å². The standard InChI is InChI=1S/C18H17FN2O2S/c1-23-20-11-12-2-4-13(5-3-12)18(22)21-16-8-9-24-17-7-6-14(19)10-15(16)17/h2-7,10-11,16H,8-9H2,1H3,(H,21,22)/b20-11+. The van der Waals surface area contributed by atoms with Crippen molar-refractivity contribution < 1.29 is 14.0 Å². The molecule has 24 heavy (non-hydrogen) atoms. The minimum Gasteiger partial charge on any atom is -0.399 e. The number of hydrogen-bond donors (Lipinski definition) is 1. The first-order valence-electron chi connectivity index (χ1n) is 7.57. The van der Waals surface area contributed by atoms with E-state index in [4.69, 9.17) is 0 Å². The number of thioether (sulfide) groups is 1. The Balaban J connectivity index is 1.74. The zero-order valence-electron chi connectivity index (χ0n) is 13.2. The van der Waals surface area contributed by atoms with Crippen molar-refractivity contribution in [3.05, 3.63) is 65.0 Å². The Kier molecular flexibility index (Phi) is 5.15. The highest BCUT2D eigenvalue weighted by atomic mass is 32.2. The second kappa shape index (κ2) is 7.49. The molecule has 3 rings (SSSR count). The molecule has 1 unspecified atom stereocenters. The SMILES string of the molecule is CO/N=C/c1ccc(C(=O)NC2CCSc3ccc(F)cc32)cc1. The van der Waals surface area contributed by atoms with Crippen molar-refractivity contribution in [1.82, 2.24) is 5.32 Å². The van der Waals surface area contributed by atoms with Crippen LogP contribution in [0.3, 0.4) is 0 Å². The molecule has 1 atom stereocenters. The normalized spacial score (nSPS) is 16.7. The maximum absolute atomic E-state index is 13.5. The second-order valence-corrected chi connectivity index (χ2v) is 6.52. The van der Waals surface area contributed by atoms with Crippen molar-refractivity contribution >= 4 is 23.9 Å². The third-order valence-corrected chi connectivity index (χ3v) is 4.92. The summed E-state index contributed by atoms with van der Waals surface area (Å²) in [5.74, 6) is 0.449. The summed E-state index contributed by atoms with van der Waals surface area (Å²) in [7, 11) is 1.47. The van der Waals surface area contributed by atoms with Gasteiger partial charge in [-0.1, -0.05) is 17.3 Å². The summed E-state index contributed by atoms with van der Waals surface area (Å²) >= 11 is 1.69. The van der Waals surface area contributed by atoms with Crippen LogP contribution in [0.25, 0.3) is 0 Å². The number of halogens is 1. The average molecular weight is 344 g/mol. The van der Waals surface area contributed by atoms with Crippen molar-refractivity contribution in [2.45, 2.75) is 17.4 Å². The minimum atomic E-state index is -0.280. The van der Waals surface area contributed by atoms with Crippen LogP contribution in [-0.2, 0) is 4.84 Å². The van der Waals surface area contributed by atoms with Crippen LogP contribution >= 0.6 is 11.8 Å². The van der Waals surface area contributed by atoms with E-state index in [9.17, 15) is 9.18 Å². The van der Waals surface area contributed by atoms with Crippen LogP contribution in [0.4, 0.5) is 4.39 Å². The zero-order valence-corrected chi connectivity index (χ0v) is 14.0. The van der Waals surface area contributed by atoms with Gasteiger partial charge in [-0.05, 0) is 47.9 Å². The highest BCUT2D eigenvalue weighted by Crippen LogP contribution is 2.36. The van der Waals surface area contributed by atoms with E-state index in [-0.39, 0.29) is 17.8 Å². The fourth-order valence-corrected chi connectivity index (χ4v) is 3.70. The van der Waals surface area contributed by atoms with Gasteiger partial charge in [0.05, 0.1) is 12.3 Å². The van der Waals surface area contributed by atoms with Gasteiger partial charge in [0.15, 0.2) is 0 Å². The van der Waals surface area contributed by atoms with Gasteiger partial charge in [0.2, 0.25) is 0 Å². The molecule has 1 N–H and O–H groups in total. The zero-order chi connectivity index (χ0) is 16.9. The summed E-state index contributed by atoms with van der Waals surface area (Å²) in [4.78, 5) is 18.1. The van der Waals surface area contributed by atoms with Gasteiger partial charge < -0.3 is 10.2 Å². The van der Waals surface area contributed by atoms with E-state index in [1.54, 1.807) is 48.3 Å². The Morgan fingerprint density at radius 3 is 2.88 bits per heavy atom. The maximum Gasteiger partial charge on any atom is 0.251 e. The van der Waals surface area contributed by atoms with Crippen LogP contribution in [0.1, 0.15) is 33.9 Å². The highest BCUT2D eigenvalue weighted by molar-refractivity contribution is 7.99. The van der Waals surface area contributed by atoms with Gasteiger partial charge in [0, 0.05) is 16.2 Å². The second-order valence-electron chi connectivity index (χ2n) is 5.38. The van der Waals surface area contributed by atoms with Crippen molar-refractivity contribution in [2.24, 2.45) is 5.16 Å². The lowest BCUT2D eigenvalue weighted by Gasteiger charge is -2.26. The van der Waals surface area contributed by atoms with E-state index in [2.05, 4.69) is 15.3 Å². The van der Waals surface area contributed by atoms with Gasteiger partial charge in [-0.25, -0.2) is 4.39 Å². The molecule has 1 aliphatic rings. The Bertz CT molecular complexity index is 762. The summed E-state index contributed by atoms with van der Waals surface area (Å²) in [5.41, 5.74) is 2.25. The monoisotopic (exact) mass is 344 g/mol. The first kappa shape index (κ1) is 16.5. The van der Waals surface area contributed by atoms with Crippen LogP contribution in [0.2, 0.25) is 0 Å². The molecule has 1 aliphatic heterocycles. The van der Waals surface area contributed by atoms with E-state index in [0.29, 0.717) is 5.56 Å². The van der Waals surface area contributed by atoms with Gasteiger partial charge in [0.1, 0.15) is 12.9 Å². The smallest absolute Gasteiger partial charge is 0.251 e. The number of amides is 1. The van der Waals surface area contributed by atoms with Crippen LogP contribution in [0.5, 0.6) is 0 Å². The molecular formula is C18H17FN2O2S. The van der Waals surface area contributed by atoms with E-state index in [0.717, 1.165) is 28.2 Å². The fourth-order valence-electron chi connectivity index (χ4n) is 2.59. The molecule has 0 bridgehead atoms. The van der Waals surface area contributed by atoms with Gasteiger partial charge in [-0.2, -0.15) is 0 Å². The molecular weight excluding hydrogens is 327 g/mol. The average Bonchev–Trinajstić information content (AvgIpc) is 2.61. The molecule has 2 aromatic carbocycles. The molecule has 0 aliphatic carbocycles. The minimum absolute atomic E-state index is 0.167. The number of benzene rings is 2. The molecule has 2 aromatic rings. The molecule has 1 heterocycles. The Morgan fingerprint density at radius 1 is 1.33 bits per heavy atom. The number of nitrogens with one attached hydrogen (secondary N) is 1. The summed E-state index contributed by atoms with van der Waals surface area (Å²) in [6, 6.07) is 11.6. The summed E-state index contributed by atoms with van der Waals surface area (Å²) in [6.45, 7) is 0. The molecule has 6 heteroatoms. The molecule has 0 saturated heterocycles. The van der Waals surface area contributed by atoms with Crippen LogP contribution in [0.15, 0.2) is 52.5 Å². The number of carbonyl (C=O) groups excluding carboxylic acids is 1. The number of oxime groups is 1. The predicted octanol–water partition coefficient (Wildman–Crippen LogP) is 3.77. The molecule has 0 spiro atoms. The van der Waals surface area contributed by atoms with Gasteiger partial charge in [0.25, 0.3) is 5.91 Å². The van der Waals surface area contributed by atoms with E-state index >= 15 is 0 Å². The molecule has 0 aromatic heterocycles. The third kappa shape index (κ3) is 3.76. The first-order valence-corrected chi connectivity index (χ1v) is 8.55. The van der Waals surface area contributed by atoms with Crippen molar-refractivity contribution in [2.75, 3.05) is 12.9 Å². The number of fused-ring (bicyclic) bond motifs is 1. The molecule has 4 nitrogen and oxygen atoms in total. The van der Waals surface area contributed by atoms with Crippen molar-refractivity contribution in [3.63, 3.8) is 0 Å². The van der Waals surface area contributed by atoms with Crippen molar-refractivity contribution in [1.29, 1.82) is 0 Å². The fraction of sp³-hybridized carbons (Fsp3) is 0.222. The summed E-state index contributed by atoms with van der Waals surface area (Å²) in [6.07, 6.45) is 2.35. The molecule has 0 saturated carbocycles. The summed E-state index contributed by atoms with van der Waals surface area (Å²) in [5, 5.41) is 6.68. The van der Waals surface area contributed by atoms with E-state index < -0.39 is 0 Å². The van der Waals surface area contributed by atoms with E-state index in [1.807, 2.05) is 0 Å². The van der Waals surface area contributed by atoms with Crippen molar-refractivity contribution in [3.8, 4) is 0 Å². The number of carbonyl (C=O) groups is 1. The topological polar surface area (TPSA) is 50.7 Å². The predicted molar refractivity (Wildman–Crippen MR) is 93.0 cm³/mol. The maximum atomic E-state index is 13.5. The van der Waals surface area contributed by atoms with Gasteiger partial charge in [-0.3, -0.25) is 4.79 Å². The van der Waals surface area contributed by atoms with Crippen LogP contribution < -0.4 is 5.32 Å². The molecule has 1 amide bonds. The third-order valence-electron chi connectivity index (χ3n) is 3.80. The van der Waals surface area contributed by atoms with Gasteiger partial charge in [-0.15, -0.1) is 11.8 Å². The molecule has 0 radical (unpaired) electrons. The van der Waals surface area contributed by atoms with Crippen LogP contribution in [-0.4, -0.2) is 25.0 Å². The first-order chi connectivity index (χ1) is 11.7. The highest BCUT2D eigenvalue weighted by Gasteiger charge is 2.23. The largest absolute Gasteiger partial charge is 0.399 e. The lowest BCUT2D eigenvalue weighted by atomic mass is 10.0. The number of rotatable bonds is 4. The Hall–Kier alpha value is -2.34. The molecule has 124 valence electrons. The lowest BCUT2D eigenvalue weighted by molar-refractivity contribution is 0.0935. The van der Waals surface area contributed by atoms with Crippen LogP contribution in [0, 0.1) is 5.82 Å². The number of nitrogens with zero attached hydrogens (tertiary/aromatic N) is 1. The van der Waals surface area contributed by atoms with E-state index in [1.165, 1.54) is 19.2 Å². The molecule has 0 fully saturated rings. The van der Waals surface area contributed by atoms with Gasteiger partial charge >= 0.3 is 0 Å².